The Kier molecular flexibility index (Phi) is 29.3. The van der Waals surface area contributed by atoms with Crippen LogP contribution in [0.25, 0.3) is 0 Å². The van der Waals surface area contributed by atoms with E-state index in [1.807, 2.05) is 0 Å². The Bertz CT molecular complexity index is 2620. The summed E-state index contributed by atoms with van der Waals surface area (Å²) in [6.45, 7) is -2.18. The normalized spacial score (nSPS) is 48.7. The van der Waals surface area contributed by atoms with Crippen LogP contribution in [0, 0.1) is 0 Å². The van der Waals surface area contributed by atoms with Crippen molar-refractivity contribution in [1.82, 2.24) is 21.3 Å². The largest absolute Gasteiger partial charge is 0.394 e. The third-order valence-electron chi connectivity index (χ3n) is 18.2. The fourth-order valence-corrected chi connectivity index (χ4v) is 12.8. The predicted octanol–water partition coefficient (Wildman–Crippen LogP) is -16.8. The van der Waals surface area contributed by atoms with E-state index >= 15 is 0 Å². The molecule has 100 heavy (non-hydrogen) atoms. The van der Waals surface area contributed by atoms with Crippen molar-refractivity contribution < 1.29 is 197 Å². The van der Waals surface area contributed by atoms with E-state index in [4.69, 9.17) is 71.1 Å². The highest BCUT2D eigenvalue weighted by molar-refractivity contribution is 5.74. The maximum absolute atomic E-state index is 13.2. The minimum atomic E-state index is -2.60. The summed E-state index contributed by atoms with van der Waals surface area (Å²) in [5.41, 5.74) is 0. The Labute approximate surface area is 567 Å². The Balaban J connectivity index is 1.21. The lowest BCUT2D eigenvalue weighted by Gasteiger charge is -2.52. The number of aliphatic hydroxyl groups is 21. The highest BCUT2D eigenvalue weighted by atomic mass is 16.8. The SMILES string of the molecule is CC(=O)N[C@@H]1[C@@H](O)[C@H](O[C@@H]2O[C@H](CO)[C@@H](O[C@@H]3O[C@H](CO[C@H]4O[C@H](CO)[C@@H](O)[C@H](O)[C@@H]4O)[C@@H](O[C@@H]4O[C@H](CO)[C@@H](O)[C@H](O)[C@H]4NC(C)=O)[C@H](O[C@H]4O[C@H](CO)[C@@H](O)[C@H](O)[C@@H]4O[C@@H]4O[C@H](CO)[C@@H](O)[C@H](O)[C@H]4NC(C)=O)[C@@H]3O)[C@H](O)[C@H]2NC(C)=O)[C@@H](CO[C@@H]2O[C@@H](C)[C@@H](O)[C@@H](O)[C@@H]2O)O[C@H]1O. The van der Waals surface area contributed by atoms with Gasteiger partial charge in [-0.25, -0.2) is 0 Å². The second-order valence-corrected chi connectivity index (χ2v) is 25.4. The number of rotatable bonds is 25. The Morgan fingerprint density at radius 3 is 1.07 bits per heavy atom. The molecule has 8 aliphatic rings. The number of carbonyl (C=O) groups excluding carboxylic acids is 4. The van der Waals surface area contributed by atoms with Gasteiger partial charge in [0.1, 0.15) is 189 Å². The zero-order chi connectivity index (χ0) is 73.8. The van der Waals surface area contributed by atoms with E-state index in [9.17, 15) is 126 Å². The first kappa shape index (κ1) is 82.1. The molecule has 0 bridgehead atoms. The first-order valence-corrected chi connectivity index (χ1v) is 32.0. The fraction of sp³-hybridized carbons (Fsp3) is 0.929. The Hall–Kier alpha value is -3.56. The van der Waals surface area contributed by atoms with E-state index < -0.39 is 315 Å². The number of hydrogen-bond acceptors (Lipinski definition) is 40. The molecule has 0 saturated carbocycles. The predicted molar refractivity (Wildman–Crippen MR) is 309 cm³/mol. The highest BCUT2D eigenvalue weighted by Gasteiger charge is 2.60. The van der Waals surface area contributed by atoms with Gasteiger partial charge in [-0.2, -0.15) is 0 Å². The van der Waals surface area contributed by atoms with Crippen LogP contribution in [0.1, 0.15) is 34.6 Å². The van der Waals surface area contributed by atoms with E-state index in [2.05, 4.69) is 21.3 Å². The van der Waals surface area contributed by atoms with Crippen LogP contribution in [0.4, 0.5) is 0 Å². The second kappa shape index (κ2) is 35.7. The molecule has 0 aromatic heterocycles. The minimum absolute atomic E-state index is 0.817. The third-order valence-corrected chi connectivity index (χ3v) is 18.2. The van der Waals surface area contributed by atoms with E-state index in [0.29, 0.717) is 0 Å². The van der Waals surface area contributed by atoms with Crippen LogP contribution in [0.15, 0.2) is 0 Å². The molecule has 25 N–H and O–H groups in total. The van der Waals surface area contributed by atoms with Crippen molar-refractivity contribution in [1.29, 1.82) is 0 Å². The van der Waals surface area contributed by atoms with Crippen LogP contribution in [0.2, 0.25) is 0 Å². The van der Waals surface area contributed by atoms with E-state index in [-0.39, 0.29) is 0 Å². The lowest BCUT2D eigenvalue weighted by molar-refractivity contribution is -0.406. The van der Waals surface area contributed by atoms with Gasteiger partial charge in [-0.3, -0.25) is 19.2 Å². The maximum atomic E-state index is 13.2. The number of amides is 4. The topological polar surface area (TPSA) is 680 Å². The van der Waals surface area contributed by atoms with Gasteiger partial charge in [0.15, 0.2) is 50.3 Å². The molecule has 0 aromatic rings. The molecule has 4 amide bonds. The van der Waals surface area contributed by atoms with Gasteiger partial charge in [-0.05, 0) is 6.92 Å². The summed E-state index contributed by atoms with van der Waals surface area (Å²) in [7, 11) is 0. The van der Waals surface area contributed by atoms with Gasteiger partial charge in [0.25, 0.3) is 0 Å². The number of aliphatic hydroxyl groups excluding tert-OH is 21. The monoisotopic (exact) mass is 1460 g/mol. The minimum Gasteiger partial charge on any atom is -0.394 e. The zero-order valence-electron chi connectivity index (χ0n) is 54.2. The smallest absolute Gasteiger partial charge is 0.217 e. The quantitative estimate of drug-likeness (QED) is 0.0404. The standard InChI is InChI=1S/C56H94N4O40/c1-13-29(70)38(79)41(82)53(88-13)86-11-23-45(36(77)25(49(85)89-23)57-14(2)66)96-52-28(60-17(5)69)37(78)44(22(10-65)94-52)97-55-43(84)47(99-56-48(40(81)33(74)21(9-64)93-56)100-51-27(59-16(4)68)35(76)31(72)19(7-62)91-51)46(98-50-26(58-15(3)67)34(75)30(71)18(6-61)90-50)24(95-55)12-87-54-42(83)39(80)32(73)20(8-63)92-54/h13,18-56,61-65,70-85H,6-12H2,1-5H3,(H,57,66)(H,58,67)(H,59,68)(H,60,69)/t13-,18+,19+,20+,21+,22+,23+,24+,25+,26+,27+,28+,29+,30+,31+,32+,33+,34+,35+,36+,37+,38+,39-,40-,41-,42-,43-,44+,45+,46+,47+,48-,49+,50-,51-,52-,53+,54-,55-,56+/m0/s1. The van der Waals surface area contributed by atoms with Gasteiger partial charge in [-0.15, -0.1) is 0 Å². The molecular formula is C56H94N4O40. The van der Waals surface area contributed by atoms with Crippen molar-refractivity contribution in [3.8, 4) is 0 Å². The third kappa shape index (κ3) is 18.3. The molecule has 44 nitrogen and oxygen atoms in total. The first-order chi connectivity index (χ1) is 47.2. The van der Waals surface area contributed by atoms with Crippen molar-refractivity contribution in [2.24, 2.45) is 0 Å². The number of hydrogen-bond donors (Lipinski definition) is 25. The van der Waals surface area contributed by atoms with Crippen LogP contribution in [0.3, 0.4) is 0 Å². The fourth-order valence-electron chi connectivity index (χ4n) is 12.8. The molecule has 0 spiro atoms. The van der Waals surface area contributed by atoms with Crippen molar-refractivity contribution in [2.45, 2.75) is 280 Å². The van der Waals surface area contributed by atoms with Gasteiger partial charge in [-0.1, -0.05) is 0 Å². The number of carbonyl (C=O) groups is 4. The summed E-state index contributed by atoms with van der Waals surface area (Å²) in [6.07, 6.45) is -73.0. The molecule has 0 aromatic carbocycles. The van der Waals surface area contributed by atoms with Crippen molar-refractivity contribution in [3.05, 3.63) is 0 Å². The average Bonchev–Trinajstić information content (AvgIpc) is 0.762. The molecule has 8 heterocycles. The molecule has 0 radical (unpaired) electrons. The lowest BCUT2D eigenvalue weighted by atomic mass is 9.93. The summed E-state index contributed by atoms with van der Waals surface area (Å²) >= 11 is 0. The molecule has 8 fully saturated rings. The van der Waals surface area contributed by atoms with Crippen LogP contribution in [-0.2, 0) is 90.2 Å². The van der Waals surface area contributed by atoms with Crippen LogP contribution >= 0.6 is 0 Å². The molecule has 40 atom stereocenters. The van der Waals surface area contributed by atoms with Crippen molar-refractivity contribution >= 4 is 23.6 Å². The second-order valence-electron chi connectivity index (χ2n) is 25.4. The molecule has 578 valence electrons. The van der Waals surface area contributed by atoms with Gasteiger partial charge in [0.2, 0.25) is 23.6 Å². The van der Waals surface area contributed by atoms with E-state index in [1.54, 1.807) is 0 Å². The van der Waals surface area contributed by atoms with Gasteiger partial charge < -0.3 is 200 Å². The Morgan fingerprint density at radius 1 is 0.280 bits per heavy atom. The van der Waals surface area contributed by atoms with Gasteiger partial charge in [0, 0.05) is 27.7 Å². The van der Waals surface area contributed by atoms with Crippen molar-refractivity contribution in [3.63, 3.8) is 0 Å². The average molecular weight is 1460 g/mol. The molecule has 8 rings (SSSR count). The molecule has 0 aliphatic carbocycles. The zero-order valence-corrected chi connectivity index (χ0v) is 54.2. The summed E-state index contributed by atoms with van der Waals surface area (Å²) in [6, 6.07) is -7.37. The van der Waals surface area contributed by atoms with Crippen molar-refractivity contribution in [2.75, 3.05) is 46.2 Å². The van der Waals surface area contributed by atoms with Crippen LogP contribution in [-0.4, -0.2) is 423 Å². The number of nitrogens with one attached hydrogen (secondary N) is 4. The molecule has 8 aliphatic heterocycles. The summed E-state index contributed by atoms with van der Waals surface area (Å²) in [5, 5.41) is 242. The summed E-state index contributed by atoms with van der Waals surface area (Å²) < 4.78 is 90.1. The Morgan fingerprint density at radius 2 is 0.600 bits per heavy atom. The molecular weight excluding hydrogens is 1370 g/mol. The van der Waals surface area contributed by atoms with E-state index in [0.717, 1.165) is 27.7 Å². The molecule has 8 saturated heterocycles. The highest BCUT2D eigenvalue weighted by Crippen LogP contribution is 2.40. The van der Waals surface area contributed by atoms with Gasteiger partial charge in [0.05, 0.1) is 52.4 Å². The first-order valence-electron chi connectivity index (χ1n) is 32.0. The molecule has 44 heteroatoms. The van der Waals surface area contributed by atoms with E-state index in [1.165, 1.54) is 6.92 Å². The molecule has 0 unspecified atom stereocenters. The van der Waals surface area contributed by atoms with Crippen LogP contribution < -0.4 is 21.3 Å². The van der Waals surface area contributed by atoms with Crippen LogP contribution in [0.5, 0.6) is 0 Å². The maximum Gasteiger partial charge on any atom is 0.217 e. The number of ether oxygens (including phenoxy) is 15. The summed E-state index contributed by atoms with van der Waals surface area (Å²) in [5.74, 6) is -3.56. The van der Waals surface area contributed by atoms with Gasteiger partial charge >= 0.3 is 0 Å². The summed E-state index contributed by atoms with van der Waals surface area (Å²) in [4.78, 5) is 50.9. The lowest BCUT2D eigenvalue weighted by Crippen LogP contribution is -2.71.